The fraction of sp³-hybridized carbons (Fsp3) is 0.524. The lowest BCUT2D eigenvalue weighted by atomic mass is 9.89. The van der Waals surface area contributed by atoms with E-state index >= 15 is 0 Å². The minimum absolute atomic E-state index is 0.0689. The van der Waals surface area contributed by atoms with Gasteiger partial charge in [-0.1, -0.05) is 23.5 Å². The van der Waals surface area contributed by atoms with Crippen molar-refractivity contribution < 1.29 is 9.59 Å². The van der Waals surface area contributed by atoms with Crippen molar-refractivity contribution in [2.75, 3.05) is 31.1 Å². The molecule has 1 fully saturated rings. The highest BCUT2D eigenvalue weighted by atomic mass is 32.1. The molecule has 1 aromatic carbocycles. The molecule has 4 rings (SSSR count). The number of hydrogen-bond acceptors (Lipinski definition) is 6. The van der Waals surface area contributed by atoms with E-state index in [9.17, 15) is 9.59 Å². The van der Waals surface area contributed by atoms with Gasteiger partial charge in [0.05, 0.1) is 0 Å². The van der Waals surface area contributed by atoms with E-state index < -0.39 is 0 Å². The Morgan fingerprint density at radius 2 is 1.75 bits per heavy atom. The zero-order valence-corrected chi connectivity index (χ0v) is 17.1. The molecule has 28 heavy (non-hydrogen) atoms. The first kappa shape index (κ1) is 19.1. The van der Waals surface area contributed by atoms with Crippen molar-refractivity contribution in [2.45, 2.75) is 45.4 Å². The molecule has 6 nitrogen and oxygen atoms in total. The number of amides is 1. The summed E-state index contributed by atoms with van der Waals surface area (Å²) in [6.07, 6.45) is 5.19. The van der Waals surface area contributed by atoms with E-state index in [1.165, 1.54) is 24.0 Å². The number of aromatic nitrogens is 2. The van der Waals surface area contributed by atoms with E-state index in [0.29, 0.717) is 13.1 Å². The van der Waals surface area contributed by atoms with Gasteiger partial charge in [-0.05, 0) is 49.8 Å². The summed E-state index contributed by atoms with van der Waals surface area (Å²) in [5.41, 5.74) is 3.44. The van der Waals surface area contributed by atoms with Gasteiger partial charge in [0.25, 0.3) is 0 Å². The number of aryl methyl sites for hydroxylation is 3. The Hall–Kier alpha value is -2.28. The van der Waals surface area contributed by atoms with Gasteiger partial charge in [0.2, 0.25) is 11.0 Å². The molecule has 1 saturated heterocycles. The number of carbonyl (C=O) groups excluding carboxylic acids is 2. The largest absolute Gasteiger partial charge is 0.343 e. The van der Waals surface area contributed by atoms with Crippen LogP contribution in [0.15, 0.2) is 18.2 Å². The molecule has 148 valence electrons. The second-order valence-electron chi connectivity index (χ2n) is 7.59. The number of carbonyl (C=O) groups is 2. The van der Waals surface area contributed by atoms with Gasteiger partial charge in [-0.15, -0.1) is 10.2 Å². The molecule has 0 saturated carbocycles. The average molecular weight is 399 g/mol. The van der Waals surface area contributed by atoms with Crippen LogP contribution >= 0.6 is 11.3 Å². The number of rotatable bonds is 5. The lowest BCUT2D eigenvalue weighted by Gasteiger charge is -2.34. The molecule has 0 radical (unpaired) electrons. The fourth-order valence-corrected chi connectivity index (χ4v) is 4.73. The topological polar surface area (TPSA) is 66.4 Å². The van der Waals surface area contributed by atoms with Gasteiger partial charge < -0.3 is 9.80 Å². The quantitative estimate of drug-likeness (QED) is 0.724. The second kappa shape index (κ2) is 8.39. The SMILES string of the molecule is Cc1nnc(N2CCN(C(=O)CCC(=O)c3ccc4c(c3)CCCC4)CC2)s1. The van der Waals surface area contributed by atoms with Crippen molar-refractivity contribution in [1.29, 1.82) is 0 Å². The van der Waals surface area contributed by atoms with Gasteiger partial charge in [-0.2, -0.15) is 0 Å². The van der Waals surface area contributed by atoms with Crippen molar-refractivity contribution in [2.24, 2.45) is 0 Å². The standard InChI is InChI=1S/C21H26N4O2S/c1-15-22-23-21(28-15)25-12-10-24(11-13-25)20(27)9-8-19(26)18-7-6-16-4-2-3-5-17(16)14-18/h6-7,14H,2-5,8-13H2,1H3. The molecule has 1 aliphatic carbocycles. The average Bonchev–Trinajstić information content (AvgIpc) is 3.17. The number of Topliss-reactive ketones (excluding diaryl/α,β-unsaturated/α-hetero) is 1. The molecule has 2 aromatic rings. The third-order valence-electron chi connectivity index (χ3n) is 5.65. The Kier molecular flexibility index (Phi) is 5.71. The van der Waals surface area contributed by atoms with Gasteiger partial charge >= 0.3 is 0 Å². The summed E-state index contributed by atoms with van der Waals surface area (Å²) in [6.45, 7) is 4.81. The molecule has 0 spiro atoms. The molecular weight excluding hydrogens is 372 g/mol. The smallest absolute Gasteiger partial charge is 0.223 e. The van der Waals surface area contributed by atoms with Crippen molar-refractivity contribution in [3.05, 3.63) is 39.9 Å². The van der Waals surface area contributed by atoms with E-state index in [2.05, 4.69) is 21.2 Å². The molecular formula is C21H26N4O2S. The number of fused-ring (bicyclic) bond motifs is 1. The Bertz CT molecular complexity index is 871. The first-order valence-corrected chi connectivity index (χ1v) is 10.9. The summed E-state index contributed by atoms with van der Waals surface area (Å²) < 4.78 is 0. The summed E-state index contributed by atoms with van der Waals surface area (Å²) in [7, 11) is 0. The van der Waals surface area contributed by atoms with Crippen LogP contribution in [0.4, 0.5) is 5.13 Å². The van der Waals surface area contributed by atoms with Gasteiger partial charge in [0.15, 0.2) is 5.78 Å². The molecule has 1 aliphatic heterocycles. The summed E-state index contributed by atoms with van der Waals surface area (Å²) in [5.74, 6) is 0.143. The van der Waals surface area contributed by atoms with Gasteiger partial charge in [-0.25, -0.2) is 0 Å². The molecule has 1 amide bonds. The van der Waals surface area contributed by atoms with Crippen LogP contribution < -0.4 is 4.90 Å². The molecule has 1 aromatic heterocycles. The normalized spacial score (nSPS) is 16.8. The summed E-state index contributed by atoms with van der Waals surface area (Å²) in [4.78, 5) is 29.1. The Morgan fingerprint density at radius 3 is 2.46 bits per heavy atom. The lowest BCUT2D eigenvalue weighted by molar-refractivity contribution is -0.131. The van der Waals surface area contributed by atoms with E-state index in [-0.39, 0.29) is 24.5 Å². The van der Waals surface area contributed by atoms with Crippen LogP contribution in [0, 0.1) is 6.92 Å². The van der Waals surface area contributed by atoms with E-state index in [0.717, 1.165) is 41.6 Å². The van der Waals surface area contributed by atoms with Crippen LogP contribution in [0.1, 0.15) is 52.2 Å². The first-order valence-electron chi connectivity index (χ1n) is 10.1. The number of ketones is 1. The van der Waals surface area contributed by atoms with Crippen molar-refractivity contribution in [3.8, 4) is 0 Å². The number of piperazine rings is 1. The first-order chi connectivity index (χ1) is 13.6. The van der Waals surface area contributed by atoms with Crippen LogP contribution in [-0.4, -0.2) is 53.0 Å². The number of anilines is 1. The summed E-state index contributed by atoms with van der Waals surface area (Å²) in [6, 6.07) is 6.07. The minimum atomic E-state index is 0.0689. The Balaban J connectivity index is 1.27. The third kappa shape index (κ3) is 4.24. The predicted molar refractivity (Wildman–Crippen MR) is 110 cm³/mol. The van der Waals surface area contributed by atoms with Crippen LogP contribution in [-0.2, 0) is 17.6 Å². The van der Waals surface area contributed by atoms with Crippen molar-refractivity contribution in [1.82, 2.24) is 15.1 Å². The van der Waals surface area contributed by atoms with Gasteiger partial charge in [0.1, 0.15) is 5.01 Å². The van der Waals surface area contributed by atoms with Crippen molar-refractivity contribution in [3.63, 3.8) is 0 Å². The minimum Gasteiger partial charge on any atom is -0.343 e. The van der Waals surface area contributed by atoms with Crippen LogP contribution in [0.3, 0.4) is 0 Å². The molecule has 0 N–H and O–H groups in total. The maximum absolute atomic E-state index is 12.6. The molecule has 2 aliphatic rings. The van der Waals surface area contributed by atoms with E-state index in [1.807, 2.05) is 24.0 Å². The maximum atomic E-state index is 12.6. The number of nitrogens with zero attached hydrogens (tertiary/aromatic N) is 4. The second-order valence-corrected chi connectivity index (χ2v) is 8.75. The zero-order chi connectivity index (χ0) is 19.5. The molecule has 0 bridgehead atoms. The van der Waals surface area contributed by atoms with E-state index in [4.69, 9.17) is 0 Å². The van der Waals surface area contributed by atoms with Crippen LogP contribution in [0.5, 0.6) is 0 Å². The molecule has 0 unspecified atom stereocenters. The van der Waals surface area contributed by atoms with Gasteiger partial charge in [0, 0.05) is 44.6 Å². The predicted octanol–water partition coefficient (Wildman–Crippen LogP) is 3.04. The maximum Gasteiger partial charge on any atom is 0.223 e. The molecule has 2 heterocycles. The Morgan fingerprint density at radius 1 is 1.00 bits per heavy atom. The number of benzene rings is 1. The third-order valence-corrected chi connectivity index (χ3v) is 6.55. The highest BCUT2D eigenvalue weighted by Gasteiger charge is 2.23. The van der Waals surface area contributed by atoms with Gasteiger partial charge in [-0.3, -0.25) is 9.59 Å². The monoisotopic (exact) mass is 398 g/mol. The lowest BCUT2D eigenvalue weighted by Crippen LogP contribution is -2.48. The zero-order valence-electron chi connectivity index (χ0n) is 16.3. The highest BCUT2D eigenvalue weighted by Crippen LogP contribution is 2.23. The highest BCUT2D eigenvalue weighted by molar-refractivity contribution is 7.15. The molecule has 7 heteroatoms. The van der Waals surface area contributed by atoms with Crippen LogP contribution in [0.2, 0.25) is 0 Å². The fourth-order valence-electron chi connectivity index (χ4n) is 3.99. The van der Waals surface area contributed by atoms with Crippen molar-refractivity contribution >= 4 is 28.2 Å². The number of hydrogen-bond donors (Lipinski definition) is 0. The van der Waals surface area contributed by atoms with E-state index in [1.54, 1.807) is 11.3 Å². The molecule has 0 atom stereocenters. The Labute approximate surface area is 169 Å². The van der Waals surface area contributed by atoms with Crippen LogP contribution in [0.25, 0.3) is 0 Å². The summed E-state index contributed by atoms with van der Waals surface area (Å²) >= 11 is 1.58. The summed E-state index contributed by atoms with van der Waals surface area (Å²) in [5, 5.41) is 10.1.